The Labute approximate surface area is 205 Å². The second-order valence-electron chi connectivity index (χ2n) is 8.99. The van der Waals surface area contributed by atoms with Crippen LogP contribution in [-0.2, 0) is 9.53 Å². The van der Waals surface area contributed by atoms with Crippen molar-refractivity contribution in [1.29, 1.82) is 0 Å². The van der Waals surface area contributed by atoms with Gasteiger partial charge in [-0.3, -0.25) is 9.36 Å². The van der Waals surface area contributed by atoms with Gasteiger partial charge in [0.25, 0.3) is 0 Å². The van der Waals surface area contributed by atoms with Crippen LogP contribution in [0.4, 0.5) is 26.4 Å². The van der Waals surface area contributed by atoms with E-state index in [1.54, 1.807) is 6.20 Å². The second kappa shape index (κ2) is 9.90. The molecule has 0 radical (unpaired) electrons. The summed E-state index contributed by atoms with van der Waals surface area (Å²) >= 11 is 6.17. The van der Waals surface area contributed by atoms with Gasteiger partial charge in [0, 0.05) is 31.2 Å². The Morgan fingerprint density at radius 2 is 1.86 bits per heavy atom. The van der Waals surface area contributed by atoms with Crippen LogP contribution < -0.4 is 16.4 Å². The van der Waals surface area contributed by atoms with Crippen molar-refractivity contribution in [2.45, 2.75) is 50.6 Å². The molecule has 2 aliphatic rings. The lowest BCUT2D eigenvalue weighted by molar-refractivity contribution is -0.122. The lowest BCUT2D eigenvalue weighted by Crippen LogP contribution is -2.29. The number of hydrogen-bond acceptors (Lipinski definition) is 7. The van der Waals surface area contributed by atoms with Crippen LogP contribution >= 0.6 is 11.6 Å². The van der Waals surface area contributed by atoms with Crippen molar-refractivity contribution in [3.05, 3.63) is 35.0 Å². The van der Waals surface area contributed by atoms with E-state index in [0.717, 1.165) is 18.9 Å². The molecule has 2 fully saturated rings. The molecule has 0 unspecified atom stereocenters. The number of anilines is 3. The number of nitrogens with one attached hydrogen (secondary N) is 2. The van der Waals surface area contributed by atoms with E-state index in [9.17, 15) is 13.6 Å². The minimum absolute atomic E-state index is 0.0212. The first-order chi connectivity index (χ1) is 16.9. The number of aromatic nitrogens is 4. The van der Waals surface area contributed by atoms with Crippen molar-refractivity contribution in [1.82, 2.24) is 19.5 Å². The number of ether oxygens (including phenoxy) is 1. The predicted octanol–water partition coefficient (Wildman–Crippen LogP) is 4.31. The summed E-state index contributed by atoms with van der Waals surface area (Å²) < 4.78 is 35.8. The maximum atomic E-state index is 14.6. The summed E-state index contributed by atoms with van der Waals surface area (Å²) in [7, 11) is 0. The third-order valence-corrected chi connectivity index (χ3v) is 7.05. The lowest BCUT2D eigenvalue weighted by Gasteiger charge is -2.29. The third kappa shape index (κ3) is 4.87. The van der Waals surface area contributed by atoms with E-state index in [1.807, 2.05) is 4.57 Å². The maximum Gasteiger partial charge on any atom is 0.224 e. The van der Waals surface area contributed by atoms with Crippen molar-refractivity contribution < 1.29 is 18.3 Å². The van der Waals surface area contributed by atoms with E-state index in [2.05, 4.69) is 20.6 Å². The van der Waals surface area contributed by atoms with Crippen LogP contribution in [0.5, 0.6) is 0 Å². The first-order valence-corrected chi connectivity index (χ1v) is 12.1. The van der Waals surface area contributed by atoms with E-state index >= 15 is 0 Å². The van der Waals surface area contributed by atoms with Crippen LogP contribution in [0.1, 0.15) is 44.6 Å². The summed E-state index contributed by atoms with van der Waals surface area (Å²) in [6.07, 6.45) is 5.84. The molecule has 0 bridgehead atoms. The fourth-order valence-corrected chi connectivity index (χ4v) is 4.98. The van der Waals surface area contributed by atoms with E-state index in [1.165, 1.54) is 6.07 Å². The first kappa shape index (κ1) is 23.7. The Morgan fingerprint density at radius 1 is 1.11 bits per heavy atom. The van der Waals surface area contributed by atoms with Crippen LogP contribution in [0.25, 0.3) is 11.2 Å². The number of hydrogen-bond donors (Lipinski definition) is 3. The number of nitrogens with zero attached hydrogens (tertiary/aromatic N) is 4. The monoisotopic (exact) mass is 505 g/mol. The maximum absolute atomic E-state index is 14.6. The molecule has 0 spiro atoms. The molecular formula is C23H26ClF2N7O2. The highest BCUT2D eigenvalue weighted by Gasteiger charge is 2.30. The van der Waals surface area contributed by atoms with Gasteiger partial charge in [0.1, 0.15) is 5.52 Å². The highest BCUT2D eigenvalue weighted by molar-refractivity contribution is 6.33. The number of benzene rings is 1. The number of amides is 1. The molecule has 186 valence electrons. The SMILES string of the molecule is NC(=O)C1CCC(n2c(Nc3c(Cl)ccc(F)c3F)nc3cnc(NC4CCOCC4)nc32)CC1. The second-order valence-corrected chi connectivity index (χ2v) is 9.40. The Morgan fingerprint density at radius 3 is 2.57 bits per heavy atom. The van der Waals surface area contributed by atoms with Gasteiger partial charge in [-0.25, -0.2) is 18.7 Å². The summed E-state index contributed by atoms with van der Waals surface area (Å²) in [6.45, 7) is 1.35. The third-order valence-electron chi connectivity index (χ3n) is 6.73. The zero-order chi connectivity index (χ0) is 24.5. The molecule has 1 aliphatic carbocycles. The van der Waals surface area contributed by atoms with E-state index in [-0.39, 0.29) is 40.6 Å². The highest BCUT2D eigenvalue weighted by Crippen LogP contribution is 2.38. The van der Waals surface area contributed by atoms with Crippen molar-refractivity contribution >= 4 is 46.3 Å². The molecular weight excluding hydrogens is 480 g/mol. The van der Waals surface area contributed by atoms with Crippen LogP contribution in [0.15, 0.2) is 18.3 Å². The number of halogens is 3. The average Bonchev–Trinajstić information content (AvgIpc) is 3.22. The molecule has 1 aromatic carbocycles. The number of carbonyl (C=O) groups is 1. The number of imidazole rings is 1. The zero-order valence-electron chi connectivity index (χ0n) is 18.9. The summed E-state index contributed by atoms with van der Waals surface area (Å²) in [6, 6.07) is 2.36. The van der Waals surface area contributed by atoms with Gasteiger partial charge < -0.3 is 21.1 Å². The van der Waals surface area contributed by atoms with Crippen molar-refractivity contribution in [2.75, 3.05) is 23.8 Å². The Kier molecular flexibility index (Phi) is 6.70. The van der Waals surface area contributed by atoms with Gasteiger partial charge in [0.15, 0.2) is 17.3 Å². The molecule has 1 saturated heterocycles. The van der Waals surface area contributed by atoms with Crippen molar-refractivity contribution in [2.24, 2.45) is 11.7 Å². The Bertz CT molecular complexity index is 1240. The largest absolute Gasteiger partial charge is 0.381 e. The molecule has 0 atom stereocenters. The molecule has 12 heteroatoms. The molecule has 35 heavy (non-hydrogen) atoms. The zero-order valence-corrected chi connectivity index (χ0v) is 19.7. The Hall–Kier alpha value is -3.05. The van der Waals surface area contributed by atoms with Gasteiger partial charge in [-0.1, -0.05) is 11.6 Å². The smallest absolute Gasteiger partial charge is 0.224 e. The van der Waals surface area contributed by atoms with Crippen molar-refractivity contribution in [3.63, 3.8) is 0 Å². The molecule has 4 N–H and O–H groups in total. The highest BCUT2D eigenvalue weighted by atomic mass is 35.5. The molecule has 1 aliphatic heterocycles. The molecule has 2 aromatic heterocycles. The minimum Gasteiger partial charge on any atom is -0.381 e. The molecule has 3 heterocycles. The fourth-order valence-electron chi connectivity index (χ4n) is 4.79. The van der Waals surface area contributed by atoms with Gasteiger partial charge >= 0.3 is 0 Å². The summed E-state index contributed by atoms with van der Waals surface area (Å²) in [5.41, 5.74) is 6.35. The lowest BCUT2D eigenvalue weighted by atomic mass is 9.85. The number of nitrogens with two attached hydrogens (primary N) is 1. The van der Waals surface area contributed by atoms with Gasteiger partial charge in [-0.2, -0.15) is 4.98 Å². The van der Waals surface area contributed by atoms with E-state index in [4.69, 9.17) is 27.1 Å². The van der Waals surface area contributed by atoms with Gasteiger partial charge in [-0.05, 0) is 50.7 Å². The average molecular weight is 506 g/mol. The Balaban J connectivity index is 1.53. The number of fused-ring (bicyclic) bond motifs is 1. The quantitative estimate of drug-likeness (QED) is 0.427. The van der Waals surface area contributed by atoms with Crippen LogP contribution in [0, 0.1) is 17.6 Å². The topological polar surface area (TPSA) is 120 Å². The van der Waals surface area contributed by atoms with Crippen LogP contribution in [0.2, 0.25) is 5.02 Å². The number of rotatable bonds is 6. The molecule has 1 amide bonds. The van der Waals surface area contributed by atoms with Gasteiger partial charge in [0.2, 0.25) is 17.8 Å². The molecule has 1 saturated carbocycles. The van der Waals surface area contributed by atoms with Crippen LogP contribution in [0.3, 0.4) is 0 Å². The fraction of sp³-hybridized carbons (Fsp3) is 0.478. The molecule has 3 aromatic rings. The summed E-state index contributed by atoms with van der Waals surface area (Å²) in [4.78, 5) is 25.4. The number of primary amides is 1. The number of carbonyl (C=O) groups excluding carboxylic acids is 1. The normalized spacial score (nSPS) is 21.2. The van der Waals surface area contributed by atoms with E-state index < -0.39 is 11.6 Å². The molecule has 9 nitrogen and oxygen atoms in total. The van der Waals surface area contributed by atoms with Crippen molar-refractivity contribution in [3.8, 4) is 0 Å². The molecule has 5 rings (SSSR count). The van der Waals surface area contributed by atoms with Gasteiger partial charge in [-0.15, -0.1) is 0 Å². The first-order valence-electron chi connectivity index (χ1n) is 11.7. The summed E-state index contributed by atoms with van der Waals surface area (Å²) in [5.74, 6) is -1.89. The predicted molar refractivity (Wildman–Crippen MR) is 128 cm³/mol. The standard InChI is InChI=1S/C23H26ClF2N7O2/c24-15-5-6-16(25)18(26)19(15)31-23-30-17-11-28-22(29-13-7-9-35-10-8-13)32-21(17)33(23)14-3-1-12(2-4-14)20(27)34/h5-6,11-14H,1-4,7-10H2,(H2,27,34)(H,30,31)(H,28,29,32). The van der Waals surface area contributed by atoms with E-state index in [0.29, 0.717) is 56.0 Å². The van der Waals surface area contributed by atoms with Gasteiger partial charge in [0.05, 0.1) is 16.9 Å². The van der Waals surface area contributed by atoms with Crippen LogP contribution in [-0.4, -0.2) is 44.7 Å². The minimum atomic E-state index is -1.10. The summed E-state index contributed by atoms with van der Waals surface area (Å²) in [5, 5.41) is 6.26.